The van der Waals surface area contributed by atoms with E-state index in [4.69, 9.17) is 22.1 Å². The number of nitrogens with zero attached hydrogens (tertiary/aromatic N) is 1. The van der Waals surface area contributed by atoms with E-state index in [1.807, 2.05) is 0 Å². The average Bonchev–Trinajstić information content (AvgIpc) is 2.71. The number of carbonyl (C=O) groups excluding carboxylic acids is 2. The van der Waals surface area contributed by atoms with E-state index in [0.717, 1.165) is 5.56 Å². The van der Waals surface area contributed by atoms with Gasteiger partial charge >= 0.3 is 6.09 Å². The lowest BCUT2D eigenvalue weighted by molar-refractivity contribution is -0.140. The maximum atomic E-state index is 14.9. The zero-order valence-electron chi connectivity index (χ0n) is 16.0. The Morgan fingerprint density at radius 1 is 1.27 bits per heavy atom. The van der Waals surface area contributed by atoms with Gasteiger partial charge in [0.05, 0.1) is 28.9 Å². The molecule has 2 amide bonds. The lowest BCUT2D eigenvalue weighted by Gasteiger charge is -2.45. The minimum Gasteiger partial charge on any atom is -0.436 e. The van der Waals surface area contributed by atoms with Crippen molar-refractivity contribution in [2.75, 3.05) is 18.4 Å². The topological polar surface area (TPSA) is 84.7 Å². The van der Waals surface area contributed by atoms with E-state index in [2.05, 4.69) is 5.32 Å². The normalized spacial score (nSPS) is 21.6. The minimum atomic E-state index is -1.34. The molecule has 2 atom stereocenters. The summed E-state index contributed by atoms with van der Waals surface area (Å²) in [4.78, 5) is 26.6. The number of anilines is 1. The van der Waals surface area contributed by atoms with Gasteiger partial charge in [0.15, 0.2) is 11.4 Å². The van der Waals surface area contributed by atoms with Crippen molar-refractivity contribution < 1.29 is 23.1 Å². The molecule has 158 valence electrons. The Labute approximate surface area is 176 Å². The van der Waals surface area contributed by atoms with Crippen molar-refractivity contribution in [3.05, 3.63) is 64.2 Å². The molecule has 0 aromatic heterocycles. The van der Waals surface area contributed by atoms with Crippen molar-refractivity contribution >= 4 is 29.3 Å². The quantitative estimate of drug-likeness (QED) is 0.772. The summed E-state index contributed by atoms with van der Waals surface area (Å²) in [6, 6.07) is 7.76. The molecule has 2 aliphatic heterocycles. The van der Waals surface area contributed by atoms with Crippen LogP contribution in [0.15, 0.2) is 36.4 Å². The molecule has 1 saturated heterocycles. The monoisotopic (exact) mass is 435 g/mol. The summed E-state index contributed by atoms with van der Waals surface area (Å²) in [6.45, 7) is 0.376. The number of likely N-dealkylation sites (tertiary alicyclic amines) is 1. The van der Waals surface area contributed by atoms with E-state index in [-0.39, 0.29) is 41.0 Å². The standard InChI is InChI=1S/C21H20ClF2N3O3/c22-14-6-7-16-17(18(14)24)21(30-20(29)26-16)8-1-9-27(11-21)19(28)15(25)10-12-2-4-13(23)5-3-12/h2-7,15H,1,8-11,25H2,(H,26,29)/t15-,21?/m1/s1. The van der Waals surface area contributed by atoms with Crippen molar-refractivity contribution in [2.24, 2.45) is 5.73 Å². The van der Waals surface area contributed by atoms with E-state index in [9.17, 15) is 18.4 Å². The van der Waals surface area contributed by atoms with Crippen molar-refractivity contribution in [2.45, 2.75) is 30.9 Å². The molecular weight excluding hydrogens is 416 g/mol. The van der Waals surface area contributed by atoms with Crippen molar-refractivity contribution in [3.8, 4) is 0 Å². The number of carbonyl (C=O) groups is 2. The van der Waals surface area contributed by atoms with Gasteiger partial charge in [0.25, 0.3) is 0 Å². The Morgan fingerprint density at radius 2 is 2.00 bits per heavy atom. The summed E-state index contributed by atoms with van der Waals surface area (Å²) in [5.41, 5.74) is 5.91. The summed E-state index contributed by atoms with van der Waals surface area (Å²) in [5, 5.41) is 2.39. The van der Waals surface area contributed by atoms with E-state index < -0.39 is 23.6 Å². The number of fused-ring (bicyclic) bond motifs is 2. The molecule has 0 saturated carbocycles. The van der Waals surface area contributed by atoms with Crippen LogP contribution >= 0.6 is 11.6 Å². The second kappa shape index (κ2) is 7.85. The average molecular weight is 436 g/mol. The van der Waals surface area contributed by atoms with Gasteiger partial charge in [-0.3, -0.25) is 10.1 Å². The Hall–Kier alpha value is -2.71. The van der Waals surface area contributed by atoms with Gasteiger partial charge in [0.1, 0.15) is 5.82 Å². The first-order valence-electron chi connectivity index (χ1n) is 9.56. The third-order valence-corrected chi connectivity index (χ3v) is 5.82. The molecule has 1 spiro atoms. The van der Waals surface area contributed by atoms with Gasteiger partial charge in [-0.05, 0) is 49.1 Å². The van der Waals surface area contributed by atoms with E-state index in [1.165, 1.54) is 29.2 Å². The number of nitrogens with two attached hydrogens (primary N) is 1. The number of halogens is 3. The molecule has 1 fully saturated rings. The Balaban J connectivity index is 1.59. The molecule has 3 N–H and O–H groups in total. The lowest BCUT2D eigenvalue weighted by Crippen LogP contribution is -2.56. The number of hydrogen-bond donors (Lipinski definition) is 2. The number of rotatable bonds is 3. The maximum Gasteiger partial charge on any atom is 0.412 e. The van der Waals surface area contributed by atoms with Crippen LogP contribution in [0.25, 0.3) is 0 Å². The first kappa shape index (κ1) is 20.6. The van der Waals surface area contributed by atoms with Gasteiger partial charge < -0.3 is 15.4 Å². The fourth-order valence-corrected chi connectivity index (χ4v) is 4.32. The smallest absolute Gasteiger partial charge is 0.412 e. The molecule has 6 nitrogen and oxygen atoms in total. The van der Waals surface area contributed by atoms with Gasteiger partial charge in [-0.15, -0.1) is 0 Å². The molecule has 2 aliphatic rings. The molecule has 9 heteroatoms. The first-order chi connectivity index (χ1) is 14.3. The van der Waals surface area contributed by atoms with E-state index in [1.54, 1.807) is 12.1 Å². The van der Waals surface area contributed by atoms with Crippen LogP contribution in [0.1, 0.15) is 24.0 Å². The van der Waals surface area contributed by atoms with Crippen LogP contribution in [0.5, 0.6) is 0 Å². The molecule has 2 aromatic rings. The fourth-order valence-electron chi connectivity index (χ4n) is 4.16. The second-order valence-electron chi connectivity index (χ2n) is 7.59. The van der Waals surface area contributed by atoms with Crippen molar-refractivity contribution in [3.63, 3.8) is 0 Å². The Morgan fingerprint density at radius 3 is 2.73 bits per heavy atom. The molecule has 2 aromatic carbocycles. The van der Waals surface area contributed by atoms with Crippen molar-refractivity contribution in [1.29, 1.82) is 0 Å². The summed E-state index contributed by atoms with van der Waals surface area (Å²) < 4.78 is 33.6. The van der Waals surface area contributed by atoms with Crippen molar-refractivity contribution in [1.82, 2.24) is 4.90 Å². The van der Waals surface area contributed by atoms with Crippen LogP contribution in [0, 0.1) is 11.6 Å². The number of nitrogens with one attached hydrogen (secondary N) is 1. The molecule has 0 aliphatic carbocycles. The highest BCUT2D eigenvalue weighted by Gasteiger charge is 2.48. The number of benzene rings is 2. The fraction of sp³-hybridized carbons (Fsp3) is 0.333. The van der Waals surface area contributed by atoms with Crippen LogP contribution in [-0.4, -0.2) is 36.0 Å². The van der Waals surface area contributed by atoms with Gasteiger partial charge in [-0.25, -0.2) is 13.6 Å². The summed E-state index contributed by atoms with van der Waals surface area (Å²) >= 11 is 5.96. The first-order valence-corrected chi connectivity index (χ1v) is 9.94. The molecule has 30 heavy (non-hydrogen) atoms. The molecule has 4 rings (SSSR count). The molecule has 2 heterocycles. The Kier molecular flexibility index (Phi) is 5.38. The predicted molar refractivity (Wildman–Crippen MR) is 107 cm³/mol. The molecule has 0 radical (unpaired) electrons. The maximum absolute atomic E-state index is 14.9. The lowest BCUT2D eigenvalue weighted by atomic mass is 9.82. The van der Waals surface area contributed by atoms with Crippen LogP contribution in [0.2, 0.25) is 5.02 Å². The highest BCUT2D eigenvalue weighted by atomic mass is 35.5. The minimum absolute atomic E-state index is 0.0271. The predicted octanol–water partition coefficient (Wildman–Crippen LogP) is 3.57. The molecular formula is C21H20ClF2N3O3. The largest absolute Gasteiger partial charge is 0.436 e. The van der Waals surface area contributed by atoms with Crippen LogP contribution in [0.4, 0.5) is 19.3 Å². The third-order valence-electron chi connectivity index (χ3n) is 5.53. The van der Waals surface area contributed by atoms with E-state index >= 15 is 0 Å². The number of amides is 2. The molecule has 0 bridgehead atoms. The van der Waals surface area contributed by atoms with Gasteiger partial charge in [-0.1, -0.05) is 23.7 Å². The van der Waals surface area contributed by atoms with Gasteiger partial charge in [0, 0.05) is 6.54 Å². The number of hydrogen-bond acceptors (Lipinski definition) is 4. The third kappa shape index (κ3) is 3.73. The van der Waals surface area contributed by atoms with Crippen LogP contribution in [0.3, 0.4) is 0 Å². The van der Waals surface area contributed by atoms with Crippen LogP contribution < -0.4 is 11.1 Å². The van der Waals surface area contributed by atoms with Gasteiger partial charge in [-0.2, -0.15) is 0 Å². The van der Waals surface area contributed by atoms with Gasteiger partial charge in [0.2, 0.25) is 5.91 Å². The van der Waals surface area contributed by atoms with E-state index in [0.29, 0.717) is 19.4 Å². The number of ether oxygens (including phenoxy) is 1. The SMILES string of the molecule is N[C@H](Cc1ccc(F)cc1)C(=O)N1CCCC2(C1)OC(=O)Nc1ccc(Cl)c(F)c12. The summed E-state index contributed by atoms with van der Waals surface area (Å²) in [7, 11) is 0. The second-order valence-corrected chi connectivity index (χ2v) is 8.00. The summed E-state index contributed by atoms with van der Waals surface area (Å²) in [6.07, 6.45) is 0.352. The zero-order valence-corrected chi connectivity index (χ0v) is 16.7. The molecule has 1 unspecified atom stereocenters. The van der Waals surface area contributed by atoms with Crippen LogP contribution in [-0.2, 0) is 21.6 Å². The summed E-state index contributed by atoms with van der Waals surface area (Å²) in [5.74, 6) is -1.40. The highest BCUT2D eigenvalue weighted by Crippen LogP contribution is 2.45. The zero-order chi connectivity index (χ0) is 21.5. The Bertz CT molecular complexity index is 1000. The number of piperidine rings is 1. The highest BCUT2D eigenvalue weighted by molar-refractivity contribution is 6.31.